The highest BCUT2D eigenvalue weighted by molar-refractivity contribution is 6.42. The molecule has 0 saturated carbocycles. The Kier molecular flexibility index (Phi) is 7.37. The van der Waals surface area contributed by atoms with E-state index in [2.05, 4.69) is 5.32 Å². The van der Waals surface area contributed by atoms with Gasteiger partial charge in [-0.3, -0.25) is 4.90 Å². The number of nitrogens with zero attached hydrogens (tertiary/aromatic N) is 1. The Bertz CT molecular complexity index is 963. The quantitative estimate of drug-likeness (QED) is 0.491. The first kappa shape index (κ1) is 22.2. The number of methoxy groups -OCH3 is 1. The Morgan fingerprint density at radius 1 is 1.10 bits per heavy atom. The maximum Gasteiger partial charge on any atom is 0.338 e. The molecular formula is C22H22Cl2N2O4. The summed E-state index contributed by atoms with van der Waals surface area (Å²) in [5.41, 5.74) is 2.24. The van der Waals surface area contributed by atoms with Crippen LogP contribution < -0.4 is 5.32 Å². The molecule has 0 saturated heterocycles. The molecule has 2 aromatic rings. The third-order valence-electron chi connectivity index (χ3n) is 4.81. The van der Waals surface area contributed by atoms with Crippen LogP contribution in [-0.4, -0.2) is 37.2 Å². The molecule has 1 aliphatic rings. The van der Waals surface area contributed by atoms with E-state index in [0.717, 1.165) is 5.56 Å². The fraction of sp³-hybridized carbons (Fsp3) is 0.273. The number of nitrogens with one attached hydrogen (secondary N) is 1. The first-order chi connectivity index (χ1) is 14.4. The lowest BCUT2D eigenvalue weighted by Crippen LogP contribution is -2.47. The highest BCUT2D eigenvalue weighted by Gasteiger charge is 2.37. The second-order valence-electron chi connectivity index (χ2n) is 6.73. The number of carbonyl (C=O) groups excluding carboxylic acids is 2. The van der Waals surface area contributed by atoms with Gasteiger partial charge in [-0.05, 0) is 24.1 Å². The minimum Gasteiger partial charge on any atom is -0.460 e. The summed E-state index contributed by atoms with van der Waals surface area (Å²) in [6.07, 6.45) is 0. The van der Waals surface area contributed by atoms with Crippen LogP contribution in [0.2, 0.25) is 10.0 Å². The van der Waals surface area contributed by atoms with Crippen molar-refractivity contribution >= 4 is 35.2 Å². The van der Waals surface area contributed by atoms with E-state index in [0.29, 0.717) is 28.4 Å². The average molecular weight is 449 g/mol. The fourth-order valence-electron chi connectivity index (χ4n) is 3.27. The Hall–Kier alpha value is -2.54. The fourth-order valence-corrected chi connectivity index (χ4v) is 3.69. The summed E-state index contributed by atoms with van der Waals surface area (Å²) in [5.74, 6) is -0.552. The van der Waals surface area contributed by atoms with Crippen molar-refractivity contribution in [1.82, 2.24) is 10.2 Å². The van der Waals surface area contributed by atoms with Gasteiger partial charge in [0, 0.05) is 12.8 Å². The molecule has 8 heteroatoms. The SMILES string of the molecule is COCCOC(=O)C1=C(C)N(Cc2ccccc2)C(=O)NC1c1cccc(Cl)c1Cl. The van der Waals surface area contributed by atoms with Crippen molar-refractivity contribution in [3.63, 3.8) is 0 Å². The number of allylic oxidation sites excluding steroid dienone is 1. The predicted molar refractivity (Wildman–Crippen MR) is 115 cm³/mol. The van der Waals surface area contributed by atoms with Crippen LogP contribution in [0.3, 0.4) is 0 Å². The van der Waals surface area contributed by atoms with Gasteiger partial charge in [0.2, 0.25) is 0 Å². The molecule has 0 radical (unpaired) electrons. The number of rotatable bonds is 7. The third-order valence-corrected chi connectivity index (χ3v) is 5.65. The Balaban J connectivity index is 2.03. The summed E-state index contributed by atoms with van der Waals surface area (Å²) in [5, 5.41) is 3.48. The van der Waals surface area contributed by atoms with Crippen LogP contribution in [0.25, 0.3) is 0 Å². The normalized spacial score (nSPS) is 16.5. The van der Waals surface area contributed by atoms with E-state index in [4.69, 9.17) is 32.7 Å². The first-order valence-electron chi connectivity index (χ1n) is 9.36. The second kappa shape index (κ2) is 9.98. The van der Waals surface area contributed by atoms with Crippen molar-refractivity contribution < 1.29 is 19.1 Å². The number of ether oxygens (including phenoxy) is 2. The minimum atomic E-state index is -0.786. The number of hydrogen-bond donors (Lipinski definition) is 1. The topological polar surface area (TPSA) is 67.9 Å². The number of halogens is 2. The van der Waals surface area contributed by atoms with Crippen LogP contribution in [0.4, 0.5) is 4.79 Å². The molecule has 3 rings (SSSR count). The molecule has 1 heterocycles. The molecular weight excluding hydrogens is 427 g/mol. The smallest absolute Gasteiger partial charge is 0.338 e. The second-order valence-corrected chi connectivity index (χ2v) is 7.51. The van der Waals surface area contributed by atoms with Gasteiger partial charge in [0.25, 0.3) is 0 Å². The molecule has 30 heavy (non-hydrogen) atoms. The summed E-state index contributed by atoms with van der Waals surface area (Å²) in [6, 6.07) is 13.5. The molecule has 0 bridgehead atoms. The van der Waals surface area contributed by atoms with Crippen LogP contribution >= 0.6 is 23.2 Å². The number of esters is 1. The van der Waals surface area contributed by atoms with Crippen LogP contribution in [0, 0.1) is 0 Å². The van der Waals surface area contributed by atoms with Gasteiger partial charge in [-0.1, -0.05) is 65.7 Å². The monoisotopic (exact) mass is 448 g/mol. The molecule has 2 amide bonds. The summed E-state index contributed by atoms with van der Waals surface area (Å²) >= 11 is 12.6. The predicted octanol–water partition coefficient (Wildman–Crippen LogP) is 4.72. The van der Waals surface area contributed by atoms with Gasteiger partial charge >= 0.3 is 12.0 Å². The van der Waals surface area contributed by atoms with Crippen molar-refractivity contribution in [2.45, 2.75) is 19.5 Å². The van der Waals surface area contributed by atoms with E-state index in [9.17, 15) is 9.59 Å². The zero-order chi connectivity index (χ0) is 21.7. The van der Waals surface area contributed by atoms with Crippen LogP contribution in [0.1, 0.15) is 24.1 Å². The first-order valence-corrected chi connectivity index (χ1v) is 10.1. The van der Waals surface area contributed by atoms with Crippen molar-refractivity contribution in [2.24, 2.45) is 0 Å². The van der Waals surface area contributed by atoms with E-state index >= 15 is 0 Å². The van der Waals surface area contributed by atoms with E-state index in [1.807, 2.05) is 30.3 Å². The van der Waals surface area contributed by atoms with Crippen molar-refractivity contribution in [1.29, 1.82) is 0 Å². The Morgan fingerprint density at radius 2 is 1.83 bits per heavy atom. The van der Waals surface area contributed by atoms with Gasteiger partial charge in [-0.25, -0.2) is 9.59 Å². The molecule has 0 spiro atoms. The summed E-state index contributed by atoms with van der Waals surface area (Å²) in [6.45, 7) is 2.39. The summed E-state index contributed by atoms with van der Waals surface area (Å²) < 4.78 is 10.3. The van der Waals surface area contributed by atoms with Gasteiger partial charge in [0.1, 0.15) is 6.61 Å². The van der Waals surface area contributed by atoms with Gasteiger partial charge in [-0.2, -0.15) is 0 Å². The summed E-state index contributed by atoms with van der Waals surface area (Å²) in [7, 11) is 1.52. The third kappa shape index (κ3) is 4.78. The van der Waals surface area contributed by atoms with E-state index in [-0.39, 0.29) is 24.3 Å². The van der Waals surface area contributed by atoms with Gasteiger partial charge in [-0.15, -0.1) is 0 Å². The van der Waals surface area contributed by atoms with Crippen molar-refractivity contribution in [3.8, 4) is 0 Å². The molecule has 6 nitrogen and oxygen atoms in total. The number of amides is 2. The molecule has 1 N–H and O–H groups in total. The van der Waals surface area contributed by atoms with Crippen LogP contribution in [0.5, 0.6) is 0 Å². The van der Waals surface area contributed by atoms with E-state index in [1.165, 1.54) is 12.0 Å². The molecule has 0 fully saturated rings. The average Bonchev–Trinajstić information content (AvgIpc) is 2.73. The van der Waals surface area contributed by atoms with Crippen LogP contribution in [0.15, 0.2) is 59.8 Å². The van der Waals surface area contributed by atoms with Gasteiger partial charge in [0.05, 0.1) is 34.8 Å². The zero-order valence-corrected chi connectivity index (χ0v) is 18.2. The lowest BCUT2D eigenvalue weighted by atomic mass is 9.94. The Labute approximate surface area is 185 Å². The van der Waals surface area contributed by atoms with Gasteiger partial charge in [0.15, 0.2) is 0 Å². The molecule has 2 aromatic carbocycles. The van der Waals surface area contributed by atoms with E-state index < -0.39 is 12.0 Å². The molecule has 1 unspecified atom stereocenters. The number of hydrogen-bond acceptors (Lipinski definition) is 4. The van der Waals surface area contributed by atoms with E-state index in [1.54, 1.807) is 25.1 Å². The molecule has 0 aliphatic carbocycles. The van der Waals surface area contributed by atoms with Crippen molar-refractivity contribution in [2.75, 3.05) is 20.3 Å². The van der Waals surface area contributed by atoms with Crippen molar-refractivity contribution in [3.05, 3.63) is 81.0 Å². The minimum absolute atomic E-state index is 0.0920. The Morgan fingerprint density at radius 3 is 2.53 bits per heavy atom. The molecule has 0 aromatic heterocycles. The standard InChI is InChI=1S/C22H22Cl2N2O4/c1-14-18(21(27)30-12-11-29-2)20(16-9-6-10-17(23)19(16)24)25-22(28)26(14)13-15-7-4-3-5-8-15/h3-10,20H,11-13H2,1-2H3,(H,25,28). The highest BCUT2D eigenvalue weighted by Crippen LogP contribution is 2.37. The number of benzene rings is 2. The largest absolute Gasteiger partial charge is 0.460 e. The summed E-state index contributed by atoms with van der Waals surface area (Å²) in [4.78, 5) is 27.4. The number of urea groups is 1. The van der Waals surface area contributed by atoms with Gasteiger partial charge < -0.3 is 14.8 Å². The molecule has 158 valence electrons. The number of carbonyl (C=O) groups is 2. The maximum absolute atomic E-state index is 13.0. The maximum atomic E-state index is 13.0. The van der Waals surface area contributed by atoms with Crippen LogP contribution in [-0.2, 0) is 20.8 Å². The highest BCUT2D eigenvalue weighted by atomic mass is 35.5. The lowest BCUT2D eigenvalue weighted by Gasteiger charge is -2.35. The molecule has 1 aliphatic heterocycles. The molecule has 1 atom stereocenters. The zero-order valence-electron chi connectivity index (χ0n) is 16.7. The lowest BCUT2D eigenvalue weighted by molar-refractivity contribution is -0.140.